The number of hydrogen-bond donors (Lipinski definition) is 0. The van der Waals surface area contributed by atoms with Crippen LogP contribution in [-0.4, -0.2) is 25.0 Å². The summed E-state index contributed by atoms with van der Waals surface area (Å²) in [5, 5.41) is 0. The summed E-state index contributed by atoms with van der Waals surface area (Å²) in [5.41, 5.74) is 1.28. The van der Waals surface area contributed by atoms with Gasteiger partial charge in [-0.15, -0.1) is 0 Å². The van der Waals surface area contributed by atoms with Crippen LogP contribution >= 0.6 is 0 Å². The average molecular weight is 167 g/mol. The van der Waals surface area contributed by atoms with Gasteiger partial charge in [0.25, 0.3) is 0 Å². The van der Waals surface area contributed by atoms with Gasteiger partial charge in [-0.3, -0.25) is 0 Å². The van der Waals surface area contributed by atoms with Gasteiger partial charge < -0.3 is 4.90 Å². The summed E-state index contributed by atoms with van der Waals surface area (Å²) in [4.78, 5) is 2.51. The van der Waals surface area contributed by atoms with Crippen molar-refractivity contribution in [2.24, 2.45) is 16.7 Å². The van der Waals surface area contributed by atoms with Crippen LogP contribution in [0.1, 0.15) is 33.6 Å². The Morgan fingerprint density at radius 2 is 2.17 bits per heavy atom. The molecule has 2 fully saturated rings. The highest BCUT2D eigenvalue weighted by molar-refractivity contribution is 5.15. The zero-order valence-corrected chi connectivity index (χ0v) is 8.85. The monoisotopic (exact) mass is 167 g/mol. The van der Waals surface area contributed by atoms with Crippen LogP contribution < -0.4 is 0 Å². The van der Waals surface area contributed by atoms with E-state index in [2.05, 4.69) is 32.7 Å². The molecule has 0 spiro atoms. The van der Waals surface area contributed by atoms with Crippen LogP contribution in [0.2, 0.25) is 0 Å². The third-order valence-electron chi connectivity index (χ3n) is 4.55. The van der Waals surface area contributed by atoms with Gasteiger partial charge in [0, 0.05) is 13.1 Å². The van der Waals surface area contributed by atoms with Crippen molar-refractivity contribution in [2.75, 3.05) is 20.1 Å². The third kappa shape index (κ3) is 0.891. The molecular weight excluding hydrogens is 146 g/mol. The van der Waals surface area contributed by atoms with Crippen LogP contribution in [0.15, 0.2) is 0 Å². The predicted octanol–water partition coefficient (Wildman–Crippen LogP) is 2.37. The summed E-state index contributed by atoms with van der Waals surface area (Å²) >= 11 is 0. The Morgan fingerprint density at radius 1 is 1.50 bits per heavy atom. The molecular formula is C11H21N. The largest absolute Gasteiger partial charge is 0.305 e. The van der Waals surface area contributed by atoms with Gasteiger partial charge in [0.1, 0.15) is 0 Å². The van der Waals surface area contributed by atoms with E-state index in [0.29, 0.717) is 10.8 Å². The van der Waals surface area contributed by atoms with Crippen molar-refractivity contribution in [1.29, 1.82) is 0 Å². The molecule has 0 aromatic rings. The summed E-state index contributed by atoms with van der Waals surface area (Å²) in [6, 6.07) is 0. The Morgan fingerprint density at radius 3 is 2.58 bits per heavy atom. The van der Waals surface area contributed by atoms with Crippen molar-refractivity contribution in [1.82, 2.24) is 4.90 Å². The van der Waals surface area contributed by atoms with Crippen LogP contribution in [0.5, 0.6) is 0 Å². The fraction of sp³-hybridized carbons (Fsp3) is 1.00. The highest BCUT2D eigenvalue weighted by atomic mass is 15.2. The van der Waals surface area contributed by atoms with E-state index in [0.717, 1.165) is 5.92 Å². The summed E-state index contributed by atoms with van der Waals surface area (Å²) in [7, 11) is 2.26. The SMILES string of the molecule is CCC(C)(C)C12CC1CN(C)C2. The summed E-state index contributed by atoms with van der Waals surface area (Å²) in [6.07, 6.45) is 2.83. The smallest absolute Gasteiger partial charge is 0.00434 e. The van der Waals surface area contributed by atoms with Crippen LogP contribution in [0.25, 0.3) is 0 Å². The molecule has 0 radical (unpaired) electrons. The van der Waals surface area contributed by atoms with Crippen LogP contribution in [0.4, 0.5) is 0 Å². The minimum atomic E-state index is 0.572. The molecule has 1 heteroatoms. The second-order valence-electron chi connectivity index (χ2n) is 5.49. The van der Waals surface area contributed by atoms with Crippen molar-refractivity contribution in [3.05, 3.63) is 0 Å². The molecule has 12 heavy (non-hydrogen) atoms. The van der Waals surface area contributed by atoms with E-state index < -0.39 is 0 Å². The first kappa shape index (κ1) is 8.55. The predicted molar refractivity (Wildman–Crippen MR) is 52.1 cm³/mol. The van der Waals surface area contributed by atoms with E-state index in [1.54, 1.807) is 0 Å². The van der Waals surface area contributed by atoms with Gasteiger partial charge in [0.15, 0.2) is 0 Å². The first-order chi connectivity index (χ1) is 5.52. The van der Waals surface area contributed by atoms with E-state index in [-0.39, 0.29) is 0 Å². The maximum Gasteiger partial charge on any atom is 0.00434 e. The fourth-order valence-electron chi connectivity index (χ4n) is 3.13. The Labute approximate surface area is 76.1 Å². The zero-order chi connectivity index (χ0) is 8.98. The molecule has 0 amide bonds. The molecule has 1 aliphatic carbocycles. The zero-order valence-electron chi connectivity index (χ0n) is 8.85. The number of fused-ring (bicyclic) bond motifs is 1. The Bertz CT molecular complexity index is 197. The molecule has 1 saturated carbocycles. The molecule has 2 atom stereocenters. The third-order valence-corrected chi connectivity index (χ3v) is 4.55. The minimum absolute atomic E-state index is 0.572. The molecule has 2 unspecified atom stereocenters. The quantitative estimate of drug-likeness (QED) is 0.610. The lowest BCUT2D eigenvalue weighted by molar-refractivity contribution is 0.159. The lowest BCUT2D eigenvalue weighted by atomic mass is 9.73. The summed E-state index contributed by atoms with van der Waals surface area (Å²) < 4.78 is 0. The first-order valence-electron chi connectivity index (χ1n) is 5.20. The number of likely N-dealkylation sites (tertiary alicyclic amines) is 1. The number of piperidine rings is 1. The summed E-state index contributed by atoms with van der Waals surface area (Å²) in [6.45, 7) is 9.93. The molecule has 0 bridgehead atoms. The molecule has 1 heterocycles. The fourth-order valence-corrected chi connectivity index (χ4v) is 3.13. The lowest BCUT2D eigenvalue weighted by Crippen LogP contribution is -2.31. The van der Waals surface area contributed by atoms with Crippen molar-refractivity contribution in [2.45, 2.75) is 33.6 Å². The molecule has 0 aromatic heterocycles. The number of nitrogens with zero attached hydrogens (tertiary/aromatic N) is 1. The highest BCUT2D eigenvalue weighted by Gasteiger charge is 2.65. The Balaban J connectivity index is 2.15. The van der Waals surface area contributed by atoms with E-state index >= 15 is 0 Å². The molecule has 0 aromatic carbocycles. The van der Waals surface area contributed by atoms with Crippen molar-refractivity contribution >= 4 is 0 Å². The molecule has 0 N–H and O–H groups in total. The van der Waals surface area contributed by atoms with Crippen molar-refractivity contribution in [3.8, 4) is 0 Å². The average Bonchev–Trinajstić information content (AvgIpc) is 2.57. The molecule has 1 saturated heterocycles. The van der Waals surface area contributed by atoms with E-state index in [1.165, 1.54) is 25.9 Å². The Hall–Kier alpha value is -0.0400. The van der Waals surface area contributed by atoms with E-state index in [9.17, 15) is 0 Å². The second-order valence-corrected chi connectivity index (χ2v) is 5.49. The van der Waals surface area contributed by atoms with Crippen LogP contribution in [-0.2, 0) is 0 Å². The molecule has 1 nitrogen and oxygen atoms in total. The molecule has 2 aliphatic rings. The van der Waals surface area contributed by atoms with Gasteiger partial charge in [-0.2, -0.15) is 0 Å². The van der Waals surface area contributed by atoms with Crippen molar-refractivity contribution < 1.29 is 0 Å². The normalized spacial score (nSPS) is 41.5. The standard InChI is InChI=1S/C11H21N/c1-5-10(2,3)11-6-9(11)7-12(4)8-11/h9H,5-8H2,1-4H3. The van der Waals surface area contributed by atoms with Gasteiger partial charge >= 0.3 is 0 Å². The summed E-state index contributed by atoms with van der Waals surface area (Å²) in [5.74, 6) is 1.03. The number of hydrogen-bond acceptors (Lipinski definition) is 1. The van der Waals surface area contributed by atoms with Crippen molar-refractivity contribution in [3.63, 3.8) is 0 Å². The van der Waals surface area contributed by atoms with Gasteiger partial charge in [0.05, 0.1) is 0 Å². The van der Waals surface area contributed by atoms with Gasteiger partial charge in [-0.05, 0) is 30.2 Å². The van der Waals surface area contributed by atoms with E-state index in [4.69, 9.17) is 0 Å². The van der Waals surface area contributed by atoms with Gasteiger partial charge in [0.2, 0.25) is 0 Å². The molecule has 70 valence electrons. The van der Waals surface area contributed by atoms with Crippen LogP contribution in [0.3, 0.4) is 0 Å². The highest BCUT2D eigenvalue weighted by Crippen LogP contribution is 2.67. The van der Waals surface area contributed by atoms with Gasteiger partial charge in [-0.1, -0.05) is 27.2 Å². The van der Waals surface area contributed by atoms with E-state index in [1.807, 2.05) is 0 Å². The Kier molecular flexibility index (Phi) is 1.61. The second kappa shape index (κ2) is 2.25. The number of rotatable bonds is 2. The topological polar surface area (TPSA) is 3.24 Å². The maximum absolute atomic E-state index is 2.51. The molecule has 1 aliphatic heterocycles. The minimum Gasteiger partial charge on any atom is -0.305 e. The molecule has 2 rings (SSSR count). The van der Waals surface area contributed by atoms with Gasteiger partial charge in [-0.25, -0.2) is 0 Å². The maximum atomic E-state index is 2.51. The van der Waals surface area contributed by atoms with Crippen LogP contribution in [0, 0.1) is 16.7 Å². The lowest BCUT2D eigenvalue weighted by Gasteiger charge is -2.33. The first-order valence-corrected chi connectivity index (χ1v) is 5.20.